The van der Waals surface area contributed by atoms with E-state index in [1.807, 2.05) is 48.0 Å². The molecule has 1 aliphatic heterocycles. The Morgan fingerprint density at radius 1 is 1.08 bits per heavy atom. The standard InChI is InChI=1S/C19H22N4O2/c1-14-20-19(23(21-14)15-5-7-16(24-2)8-6-15)18-10-9-17(25-18)13-22-11-3-4-12-22/h5-10H,3-4,11-13H2,1-2H3. The first-order chi connectivity index (χ1) is 12.2. The van der Waals surface area contributed by atoms with Crippen LogP contribution < -0.4 is 4.74 Å². The molecule has 0 unspecified atom stereocenters. The van der Waals surface area contributed by atoms with Gasteiger partial charge in [-0.1, -0.05) is 0 Å². The molecule has 1 aliphatic rings. The molecule has 6 heteroatoms. The van der Waals surface area contributed by atoms with Crippen LogP contribution in [0.2, 0.25) is 0 Å². The number of aromatic nitrogens is 3. The second kappa shape index (κ2) is 6.72. The number of hydrogen-bond acceptors (Lipinski definition) is 5. The van der Waals surface area contributed by atoms with Gasteiger partial charge in [0.25, 0.3) is 0 Å². The van der Waals surface area contributed by atoms with E-state index in [0.717, 1.165) is 48.4 Å². The Labute approximate surface area is 147 Å². The van der Waals surface area contributed by atoms with E-state index in [1.165, 1.54) is 12.8 Å². The Morgan fingerprint density at radius 2 is 1.84 bits per heavy atom. The van der Waals surface area contributed by atoms with Gasteiger partial charge in [0.1, 0.15) is 17.3 Å². The zero-order valence-corrected chi connectivity index (χ0v) is 14.6. The van der Waals surface area contributed by atoms with E-state index in [2.05, 4.69) is 15.0 Å². The molecule has 0 aliphatic carbocycles. The SMILES string of the molecule is COc1ccc(-n2nc(C)nc2-c2ccc(CN3CCCC3)o2)cc1. The van der Waals surface area contributed by atoms with Crippen molar-refractivity contribution >= 4 is 0 Å². The molecule has 1 aromatic carbocycles. The van der Waals surface area contributed by atoms with Gasteiger partial charge in [0, 0.05) is 0 Å². The lowest BCUT2D eigenvalue weighted by Crippen LogP contribution is -2.17. The molecule has 0 atom stereocenters. The molecular weight excluding hydrogens is 316 g/mol. The van der Waals surface area contributed by atoms with Crippen molar-refractivity contribution in [3.63, 3.8) is 0 Å². The number of nitrogens with zero attached hydrogens (tertiary/aromatic N) is 4. The Bertz CT molecular complexity index is 845. The lowest BCUT2D eigenvalue weighted by atomic mass is 10.3. The van der Waals surface area contributed by atoms with Crippen molar-refractivity contribution in [3.8, 4) is 23.0 Å². The van der Waals surface area contributed by atoms with Crippen LogP contribution in [-0.4, -0.2) is 39.9 Å². The zero-order chi connectivity index (χ0) is 17.2. The van der Waals surface area contributed by atoms with Gasteiger partial charge in [0.2, 0.25) is 0 Å². The number of rotatable bonds is 5. The van der Waals surface area contributed by atoms with Crippen molar-refractivity contribution in [2.45, 2.75) is 26.3 Å². The molecule has 2 aromatic heterocycles. The molecule has 1 saturated heterocycles. The molecule has 4 rings (SSSR count). The van der Waals surface area contributed by atoms with E-state index >= 15 is 0 Å². The molecule has 1 fully saturated rings. The van der Waals surface area contributed by atoms with Crippen LogP contribution >= 0.6 is 0 Å². The predicted octanol–water partition coefficient (Wildman–Crippen LogP) is 3.44. The molecule has 0 radical (unpaired) electrons. The number of benzene rings is 1. The summed E-state index contributed by atoms with van der Waals surface area (Å²) in [5, 5.41) is 4.52. The highest BCUT2D eigenvalue weighted by atomic mass is 16.5. The van der Waals surface area contributed by atoms with Gasteiger partial charge in [0.15, 0.2) is 11.6 Å². The first-order valence-electron chi connectivity index (χ1n) is 8.62. The quantitative estimate of drug-likeness (QED) is 0.713. The van der Waals surface area contributed by atoms with Crippen molar-refractivity contribution < 1.29 is 9.15 Å². The fourth-order valence-electron chi connectivity index (χ4n) is 3.22. The van der Waals surface area contributed by atoms with E-state index in [1.54, 1.807) is 7.11 Å². The van der Waals surface area contributed by atoms with Crippen LogP contribution in [0.15, 0.2) is 40.8 Å². The molecule has 0 spiro atoms. The van der Waals surface area contributed by atoms with E-state index in [4.69, 9.17) is 9.15 Å². The number of aryl methyl sites for hydroxylation is 1. The Kier molecular flexibility index (Phi) is 4.28. The van der Waals surface area contributed by atoms with E-state index in [0.29, 0.717) is 5.82 Å². The monoisotopic (exact) mass is 338 g/mol. The van der Waals surface area contributed by atoms with Crippen molar-refractivity contribution in [3.05, 3.63) is 48.0 Å². The Balaban J connectivity index is 1.62. The average Bonchev–Trinajstić information content (AvgIpc) is 3.36. The lowest BCUT2D eigenvalue weighted by molar-refractivity contribution is 0.299. The van der Waals surface area contributed by atoms with E-state index < -0.39 is 0 Å². The highest BCUT2D eigenvalue weighted by Gasteiger charge is 2.18. The fourth-order valence-corrected chi connectivity index (χ4v) is 3.22. The van der Waals surface area contributed by atoms with Crippen LogP contribution in [0.25, 0.3) is 17.3 Å². The maximum atomic E-state index is 6.06. The molecule has 0 N–H and O–H groups in total. The van der Waals surface area contributed by atoms with Gasteiger partial charge in [-0.2, -0.15) is 5.10 Å². The molecule has 130 valence electrons. The minimum absolute atomic E-state index is 0.711. The lowest BCUT2D eigenvalue weighted by Gasteiger charge is -2.11. The minimum Gasteiger partial charge on any atom is -0.497 e. The Hall–Kier alpha value is -2.60. The summed E-state index contributed by atoms with van der Waals surface area (Å²) in [7, 11) is 1.66. The van der Waals surface area contributed by atoms with Gasteiger partial charge in [-0.15, -0.1) is 0 Å². The number of likely N-dealkylation sites (tertiary alicyclic amines) is 1. The first-order valence-corrected chi connectivity index (χ1v) is 8.62. The number of hydrogen-bond donors (Lipinski definition) is 0. The van der Waals surface area contributed by atoms with E-state index in [9.17, 15) is 0 Å². The highest BCUT2D eigenvalue weighted by molar-refractivity contribution is 5.52. The predicted molar refractivity (Wildman–Crippen MR) is 94.9 cm³/mol. The van der Waals surface area contributed by atoms with Crippen LogP contribution in [-0.2, 0) is 6.54 Å². The number of methoxy groups -OCH3 is 1. The molecule has 3 heterocycles. The molecule has 3 aromatic rings. The normalized spacial score (nSPS) is 15.0. The second-order valence-corrected chi connectivity index (χ2v) is 6.34. The largest absolute Gasteiger partial charge is 0.497 e. The summed E-state index contributed by atoms with van der Waals surface area (Å²) in [6.45, 7) is 5.04. The van der Waals surface area contributed by atoms with Gasteiger partial charge < -0.3 is 9.15 Å². The summed E-state index contributed by atoms with van der Waals surface area (Å²) in [4.78, 5) is 6.98. The fraction of sp³-hybridized carbons (Fsp3) is 0.368. The third-order valence-electron chi connectivity index (χ3n) is 4.49. The molecular formula is C19H22N4O2. The highest BCUT2D eigenvalue weighted by Crippen LogP contribution is 2.25. The van der Waals surface area contributed by atoms with Gasteiger partial charge >= 0.3 is 0 Å². The second-order valence-electron chi connectivity index (χ2n) is 6.34. The van der Waals surface area contributed by atoms with Crippen LogP contribution in [0.4, 0.5) is 0 Å². The third kappa shape index (κ3) is 3.30. The molecule has 25 heavy (non-hydrogen) atoms. The first kappa shape index (κ1) is 15.9. The molecule has 6 nitrogen and oxygen atoms in total. The maximum absolute atomic E-state index is 6.06. The number of ether oxygens (including phenoxy) is 1. The van der Waals surface area contributed by atoms with Crippen LogP contribution in [0.3, 0.4) is 0 Å². The third-order valence-corrected chi connectivity index (χ3v) is 4.49. The Morgan fingerprint density at radius 3 is 2.56 bits per heavy atom. The number of furan rings is 1. The summed E-state index contributed by atoms with van der Waals surface area (Å²) in [5.74, 6) is 3.95. The summed E-state index contributed by atoms with van der Waals surface area (Å²) in [6, 6.07) is 11.8. The van der Waals surface area contributed by atoms with Crippen LogP contribution in [0, 0.1) is 6.92 Å². The maximum Gasteiger partial charge on any atom is 0.199 e. The van der Waals surface area contributed by atoms with Gasteiger partial charge in [-0.3, -0.25) is 4.90 Å². The van der Waals surface area contributed by atoms with Crippen molar-refractivity contribution in [1.29, 1.82) is 0 Å². The van der Waals surface area contributed by atoms with Crippen molar-refractivity contribution in [2.75, 3.05) is 20.2 Å². The summed E-state index contributed by atoms with van der Waals surface area (Å²) in [5.41, 5.74) is 0.925. The van der Waals surface area contributed by atoms with Crippen LogP contribution in [0.1, 0.15) is 24.4 Å². The van der Waals surface area contributed by atoms with Gasteiger partial charge in [-0.25, -0.2) is 9.67 Å². The summed E-state index contributed by atoms with van der Waals surface area (Å²) in [6.07, 6.45) is 2.55. The molecule has 0 amide bonds. The summed E-state index contributed by atoms with van der Waals surface area (Å²) >= 11 is 0. The topological polar surface area (TPSA) is 56.3 Å². The summed E-state index contributed by atoms with van der Waals surface area (Å²) < 4.78 is 13.1. The van der Waals surface area contributed by atoms with Crippen molar-refractivity contribution in [1.82, 2.24) is 19.7 Å². The zero-order valence-electron chi connectivity index (χ0n) is 14.6. The minimum atomic E-state index is 0.711. The smallest absolute Gasteiger partial charge is 0.199 e. The van der Waals surface area contributed by atoms with Gasteiger partial charge in [-0.05, 0) is 69.3 Å². The molecule has 0 bridgehead atoms. The molecule has 0 saturated carbocycles. The van der Waals surface area contributed by atoms with E-state index in [-0.39, 0.29) is 0 Å². The van der Waals surface area contributed by atoms with Crippen LogP contribution in [0.5, 0.6) is 5.75 Å². The average molecular weight is 338 g/mol. The van der Waals surface area contributed by atoms with Gasteiger partial charge in [0.05, 0.1) is 19.3 Å². The van der Waals surface area contributed by atoms with Crippen molar-refractivity contribution in [2.24, 2.45) is 0 Å².